The van der Waals surface area contributed by atoms with E-state index in [4.69, 9.17) is 4.74 Å². The molecule has 0 radical (unpaired) electrons. The Morgan fingerprint density at radius 1 is 1.35 bits per heavy atom. The van der Waals surface area contributed by atoms with Crippen LogP contribution in [0.15, 0.2) is 0 Å². The molecule has 116 valence electrons. The topological polar surface area (TPSA) is 82.7 Å². The van der Waals surface area contributed by atoms with Crippen LogP contribution in [0, 0.1) is 0 Å². The fourth-order valence-electron chi connectivity index (χ4n) is 2.27. The number of hydrogen-bond acceptors (Lipinski definition) is 5. The molecule has 1 unspecified atom stereocenters. The van der Waals surface area contributed by atoms with Gasteiger partial charge in [-0.1, -0.05) is 0 Å². The van der Waals surface area contributed by atoms with Crippen LogP contribution in [0.5, 0.6) is 0 Å². The minimum atomic E-state index is -0.469. The highest BCUT2D eigenvalue weighted by Gasteiger charge is 2.19. The summed E-state index contributed by atoms with van der Waals surface area (Å²) in [6.07, 6.45) is 3.23. The lowest BCUT2D eigenvalue weighted by Crippen LogP contribution is -2.46. The maximum atomic E-state index is 11.8. The van der Waals surface area contributed by atoms with E-state index in [0.717, 1.165) is 32.4 Å². The Bertz CT molecular complexity index is 304. The SMILES string of the molecule is COCCNC(=O)NC(=O)CN(C)C1CCCNCC1. The van der Waals surface area contributed by atoms with Gasteiger partial charge in [0.05, 0.1) is 13.2 Å². The van der Waals surface area contributed by atoms with Crippen molar-refractivity contribution in [2.24, 2.45) is 0 Å². The second-order valence-electron chi connectivity index (χ2n) is 5.05. The highest BCUT2D eigenvalue weighted by atomic mass is 16.5. The quantitative estimate of drug-likeness (QED) is 0.575. The average Bonchev–Trinajstić information content (AvgIpc) is 2.67. The van der Waals surface area contributed by atoms with E-state index in [1.807, 2.05) is 11.9 Å². The van der Waals surface area contributed by atoms with Crippen molar-refractivity contribution in [2.45, 2.75) is 25.3 Å². The number of amides is 3. The molecular weight excluding hydrogens is 260 g/mol. The molecule has 1 atom stereocenters. The molecule has 20 heavy (non-hydrogen) atoms. The van der Waals surface area contributed by atoms with Gasteiger partial charge in [0.15, 0.2) is 0 Å². The molecule has 0 bridgehead atoms. The molecule has 1 heterocycles. The van der Waals surface area contributed by atoms with E-state index in [9.17, 15) is 9.59 Å². The molecule has 1 rings (SSSR count). The van der Waals surface area contributed by atoms with Gasteiger partial charge in [-0.05, 0) is 39.4 Å². The van der Waals surface area contributed by atoms with Crippen LogP contribution >= 0.6 is 0 Å². The minimum Gasteiger partial charge on any atom is -0.383 e. The summed E-state index contributed by atoms with van der Waals surface area (Å²) < 4.78 is 4.81. The Hall–Kier alpha value is -1.18. The molecule has 1 saturated heterocycles. The number of methoxy groups -OCH3 is 1. The number of nitrogens with one attached hydrogen (secondary N) is 3. The predicted octanol–water partition coefficient (Wildman–Crippen LogP) is -0.467. The summed E-state index contributed by atoms with van der Waals surface area (Å²) in [6.45, 7) is 3.07. The molecule has 3 N–H and O–H groups in total. The van der Waals surface area contributed by atoms with E-state index in [1.54, 1.807) is 7.11 Å². The van der Waals surface area contributed by atoms with Crippen molar-refractivity contribution in [3.8, 4) is 0 Å². The first-order valence-electron chi connectivity index (χ1n) is 7.11. The number of carbonyl (C=O) groups excluding carboxylic acids is 2. The summed E-state index contributed by atoms with van der Waals surface area (Å²) >= 11 is 0. The van der Waals surface area contributed by atoms with Gasteiger partial charge in [0, 0.05) is 19.7 Å². The highest BCUT2D eigenvalue weighted by Crippen LogP contribution is 2.11. The fraction of sp³-hybridized carbons (Fsp3) is 0.846. The van der Waals surface area contributed by atoms with Crippen LogP contribution < -0.4 is 16.0 Å². The van der Waals surface area contributed by atoms with Crippen molar-refractivity contribution in [1.82, 2.24) is 20.9 Å². The molecule has 0 aromatic heterocycles. The maximum absolute atomic E-state index is 11.8. The molecule has 7 nitrogen and oxygen atoms in total. The Morgan fingerprint density at radius 2 is 2.15 bits per heavy atom. The van der Waals surface area contributed by atoms with Gasteiger partial charge < -0.3 is 15.4 Å². The zero-order valence-corrected chi connectivity index (χ0v) is 12.4. The van der Waals surface area contributed by atoms with Crippen LogP contribution in [0.1, 0.15) is 19.3 Å². The smallest absolute Gasteiger partial charge is 0.321 e. The Balaban J connectivity index is 2.24. The minimum absolute atomic E-state index is 0.238. The zero-order chi connectivity index (χ0) is 14.8. The van der Waals surface area contributed by atoms with Crippen molar-refractivity contribution in [2.75, 3.05) is 46.9 Å². The summed E-state index contributed by atoms with van der Waals surface area (Å²) in [5, 5.41) is 8.22. The third kappa shape index (κ3) is 6.83. The van der Waals surface area contributed by atoms with E-state index in [2.05, 4.69) is 16.0 Å². The van der Waals surface area contributed by atoms with Crippen molar-refractivity contribution < 1.29 is 14.3 Å². The normalized spacial score (nSPS) is 19.4. The number of rotatable bonds is 6. The zero-order valence-electron chi connectivity index (χ0n) is 12.4. The molecule has 0 aliphatic carbocycles. The summed E-state index contributed by atoms with van der Waals surface area (Å²) in [4.78, 5) is 25.2. The predicted molar refractivity (Wildman–Crippen MR) is 76.6 cm³/mol. The lowest BCUT2D eigenvalue weighted by Gasteiger charge is -2.25. The summed E-state index contributed by atoms with van der Waals surface area (Å²) in [5.41, 5.74) is 0. The van der Waals surface area contributed by atoms with Gasteiger partial charge in [-0.15, -0.1) is 0 Å². The number of nitrogens with zero attached hydrogens (tertiary/aromatic N) is 1. The van der Waals surface area contributed by atoms with Gasteiger partial charge in [-0.2, -0.15) is 0 Å². The second kappa shape index (κ2) is 9.68. The van der Waals surface area contributed by atoms with Crippen LogP contribution in [-0.2, 0) is 9.53 Å². The lowest BCUT2D eigenvalue weighted by atomic mass is 10.1. The first-order valence-corrected chi connectivity index (χ1v) is 7.11. The first-order chi connectivity index (χ1) is 9.63. The Morgan fingerprint density at radius 3 is 2.90 bits per heavy atom. The number of ether oxygens (including phenoxy) is 1. The molecule has 1 fully saturated rings. The van der Waals surface area contributed by atoms with Crippen LogP contribution in [-0.4, -0.2) is 69.8 Å². The van der Waals surface area contributed by atoms with Crippen LogP contribution in [0.4, 0.5) is 4.79 Å². The Labute approximate surface area is 120 Å². The summed E-state index contributed by atoms with van der Waals surface area (Å²) in [6, 6.07) is -0.0738. The Kier molecular flexibility index (Phi) is 8.17. The van der Waals surface area contributed by atoms with Crippen LogP contribution in [0.2, 0.25) is 0 Å². The lowest BCUT2D eigenvalue weighted by molar-refractivity contribution is -0.121. The van der Waals surface area contributed by atoms with Crippen LogP contribution in [0.3, 0.4) is 0 Å². The molecule has 0 aromatic carbocycles. The van der Waals surface area contributed by atoms with Crippen molar-refractivity contribution in [3.05, 3.63) is 0 Å². The number of imide groups is 1. The number of urea groups is 1. The summed E-state index contributed by atoms with van der Waals surface area (Å²) in [7, 11) is 3.49. The van der Waals surface area contributed by atoms with Crippen molar-refractivity contribution in [1.29, 1.82) is 0 Å². The van der Waals surface area contributed by atoms with E-state index >= 15 is 0 Å². The number of likely N-dealkylation sites (N-methyl/N-ethyl adjacent to an activating group) is 1. The van der Waals surface area contributed by atoms with Gasteiger partial charge in [-0.3, -0.25) is 15.0 Å². The standard InChI is InChI=1S/C13H26N4O3/c1-17(11-4-3-6-14-7-5-11)10-12(18)16-13(19)15-8-9-20-2/h11,14H,3-10H2,1-2H3,(H2,15,16,18,19). The fourth-order valence-corrected chi connectivity index (χ4v) is 2.27. The molecular formula is C13H26N4O3. The molecule has 0 saturated carbocycles. The van der Waals surface area contributed by atoms with Gasteiger partial charge in [0.25, 0.3) is 0 Å². The molecule has 0 spiro atoms. The average molecular weight is 286 g/mol. The van der Waals surface area contributed by atoms with Crippen molar-refractivity contribution in [3.63, 3.8) is 0 Å². The third-order valence-electron chi connectivity index (χ3n) is 3.41. The monoisotopic (exact) mass is 286 g/mol. The van der Waals surface area contributed by atoms with Gasteiger partial charge in [-0.25, -0.2) is 4.79 Å². The van der Waals surface area contributed by atoms with E-state index < -0.39 is 6.03 Å². The molecule has 1 aliphatic heterocycles. The van der Waals surface area contributed by atoms with Crippen LogP contribution in [0.25, 0.3) is 0 Å². The first kappa shape index (κ1) is 16.9. The van der Waals surface area contributed by atoms with E-state index in [0.29, 0.717) is 19.2 Å². The molecule has 7 heteroatoms. The van der Waals surface area contributed by atoms with Gasteiger partial charge in [0.1, 0.15) is 0 Å². The number of hydrogen-bond donors (Lipinski definition) is 3. The van der Waals surface area contributed by atoms with Gasteiger partial charge in [0.2, 0.25) is 5.91 Å². The summed E-state index contributed by atoms with van der Waals surface area (Å²) in [5.74, 6) is -0.278. The number of carbonyl (C=O) groups is 2. The molecule has 1 aliphatic rings. The molecule has 3 amide bonds. The highest BCUT2D eigenvalue weighted by molar-refractivity contribution is 5.95. The van der Waals surface area contributed by atoms with E-state index in [1.165, 1.54) is 0 Å². The second-order valence-corrected chi connectivity index (χ2v) is 5.05. The largest absolute Gasteiger partial charge is 0.383 e. The van der Waals surface area contributed by atoms with Crippen molar-refractivity contribution >= 4 is 11.9 Å². The van der Waals surface area contributed by atoms with Gasteiger partial charge >= 0.3 is 6.03 Å². The third-order valence-corrected chi connectivity index (χ3v) is 3.41. The molecule has 0 aromatic rings. The maximum Gasteiger partial charge on any atom is 0.321 e. The van der Waals surface area contributed by atoms with E-state index in [-0.39, 0.29) is 12.5 Å².